The standard InChI is InChI=1S/C27H36F6O3S.C15H20F4O5S.C13H17F6NO5S2.O3S/c28-25(29)26(30,31)27(32,33)37(34,35)36-24-22(19-12-6-2-7-13-19)16-21(18-10-4-1-5-11-18)17-23(24)20-14-8-3-9-15-20;16-14(15(17,18)19,25(21,22)23)1-2-24-12(20)13-6-9-3-10(7-13)5-11(4-9)8-13;14-11(15,13(18,19)27(23,24)25)12(16,17)26(21,22)20-10-4-7-1-8(5-10)3-9(2-7)6-10;1-4(2)3/h16-20,25H,1-15H2;9-11H,1-8H2,(H,21,22,23);7-9,20H,1-6H2,(H,23,24,25);. The van der Waals surface area contributed by atoms with Crippen molar-refractivity contribution in [2.45, 2.75) is 248 Å². The Morgan fingerprint density at radius 1 is 0.538 bits per heavy atom. The first-order valence-corrected chi connectivity index (χ1v) is 37.2. The minimum Gasteiger partial charge on any atom is -0.465 e. The second kappa shape index (κ2) is 27.8. The predicted octanol–water partition coefficient (Wildman–Crippen LogP) is 13.9. The van der Waals surface area contributed by atoms with Crippen molar-refractivity contribution in [3.8, 4) is 5.75 Å². The van der Waals surface area contributed by atoms with Gasteiger partial charge in [0, 0.05) is 12.0 Å². The molecule has 1 unspecified atom stereocenters. The van der Waals surface area contributed by atoms with Gasteiger partial charge in [-0.05, 0) is 186 Å². The summed E-state index contributed by atoms with van der Waals surface area (Å²) in [6, 6.07) is 3.65. The molecule has 17 nitrogen and oxygen atoms in total. The molecule has 0 heterocycles. The Morgan fingerprint density at radius 2 is 0.892 bits per heavy atom. The van der Waals surface area contributed by atoms with Crippen molar-refractivity contribution in [2.24, 2.45) is 40.9 Å². The Labute approximate surface area is 529 Å². The summed E-state index contributed by atoms with van der Waals surface area (Å²) in [5, 5.41) is -24.1. The highest BCUT2D eigenvalue weighted by Gasteiger charge is 2.83. The molecule has 3 N–H and O–H groups in total. The molecule has 0 aliphatic heterocycles. The lowest BCUT2D eigenvalue weighted by Crippen LogP contribution is -2.67. The average molecular weight is 1470 g/mol. The number of rotatable bonds is 19. The van der Waals surface area contributed by atoms with Gasteiger partial charge in [-0.3, -0.25) is 13.9 Å². The summed E-state index contributed by atoms with van der Waals surface area (Å²) in [5.74, 6) is -12.8. The number of carbonyl (C=O) groups excluding carboxylic acids is 1. The van der Waals surface area contributed by atoms with E-state index in [-0.39, 0.29) is 60.5 Å². The Hall–Kier alpha value is -3.33. The summed E-state index contributed by atoms with van der Waals surface area (Å²) >= 11 is 0. The summed E-state index contributed by atoms with van der Waals surface area (Å²) in [6.07, 6.45) is 8.65. The number of halogens is 16. The number of benzene rings is 1. The molecule has 0 spiro atoms. The Balaban J connectivity index is 0.000000196. The van der Waals surface area contributed by atoms with E-state index in [2.05, 4.69) is 0 Å². The van der Waals surface area contributed by atoms with Crippen molar-refractivity contribution in [3.63, 3.8) is 0 Å². The lowest BCUT2D eigenvalue weighted by atomic mass is 9.49. The number of nitrogens with one attached hydrogen (secondary N) is 1. The largest absolute Gasteiger partial charge is 0.465 e. The molecule has 11 aliphatic rings. The molecule has 11 fully saturated rings. The smallest absolute Gasteiger partial charge is 0.448 e. The molecule has 11 saturated carbocycles. The van der Waals surface area contributed by atoms with Crippen LogP contribution in [0.1, 0.15) is 214 Å². The molecule has 1 aromatic carbocycles. The maximum absolute atomic E-state index is 14.5. The van der Waals surface area contributed by atoms with Crippen LogP contribution in [0.25, 0.3) is 0 Å². The fourth-order valence-electron chi connectivity index (χ4n) is 16.6. The summed E-state index contributed by atoms with van der Waals surface area (Å²) < 4.78 is 361. The number of sulfonamides is 1. The van der Waals surface area contributed by atoms with E-state index in [0.717, 1.165) is 115 Å². The Bertz CT molecular complexity index is 3320. The average Bonchev–Trinajstić information content (AvgIpc) is 0.723. The molecule has 38 heteroatoms. The van der Waals surface area contributed by atoms with Gasteiger partial charge in [-0.25, -0.2) is 26.3 Å². The van der Waals surface area contributed by atoms with Crippen LogP contribution in [-0.4, -0.2) is 119 Å². The Morgan fingerprint density at radius 3 is 1.23 bits per heavy atom. The lowest BCUT2D eigenvalue weighted by molar-refractivity contribution is -0.246. The molecule has 536 valence electrons. The van der Waals surface area contributed by atoms with Gasteiger partial charge in [-0.2, -0.15) is 82.3 Å². The predicted molar refractivity (Wildman–Crippen MR) is 296 cm³/mol. The van der Waals surface area contributed by atoms with Crippen LogP contribution < -0.4 is 8.91 Å². The van der Waals surface area contributed by atoms with Gasteiger partial charge in [0.05, 0.1) is 12.0 Å². The first kappa shape index (κ1) is 77.0. The first-order chi connectivity index (χ1) is 42.5. The van der Waals surface area contributed by atoms with Crippen LogP contribution in [0.15, 0.2) is 12.1 Å². The second-order valence-corrected chi connectivity index (χ2v) is 33.7. The highest BCUT2D eigenvalue weighted by molar-refractivity contribution is 7.91. The zero-order chi connectivity index (χ0) is 69.8. The van der Waals surface area contributed by atoms with E-state index >= 15 is 0 Å². The van der Waals surface area contributed by atoms with Gasteiger partial charge in [0.15, 0.2) is 0 Å². The quantitative estimate of drug-likeness (QED) is 0.0502. The fourth-order valence-corrected chi connectivity index (χ4v) is 20.1. The zero-order valence-electron chi connectivity index (χ0n) is 49.6. The normalized spacial score (nSPS) is 29.0. The molecule has 0 aromatic heterocycles. The van der Waals surface area contributed by atoms with Crippen LogP contribution in [0.4, 0.5) is 70.2 Å². The molecule has 0 radical (unpaired) electrons. The van der Waals surface area contributed by atoms with Gasteiger partial charge in [-0.15, -0.1) is 12.6 Å². The van der Waals surface area contributed by atoms with E-state index in [0.29, 0.717) is 73.8 Å². The molecular weight excluding hydrogens is 1390 g/mol. The number of carbonyl (C=O) groups is 1. The van der Waals surface area contributed by atoms with Crippen molar-refractivity contribution in [1.29, 1.82) is 0 Å². The molecule has 0 saturated heterocycles. The molecule has 11 aliphatic carbocycles. The number of hydrogen-bond donors (Lipinski definition) is 3. The van der Waals surface area contributed by atoms with Crippen LogP contribution in [0.2, 0.25) is 0 Å². The van der Waals surface area contributed by atoms with Crippen molar-refractivity contribution in [2.75, 3.05) is 6.61 Å². The van der Waals surface area contributed by atoms with Crippen LogP contribution in [-0.2, 0) is 60.5 Å². The summed E-state index contributed by atoms with van der Waals surface area (Å²) in [7, 11) is -29.0. The minimum absolute atomic E-state index is 0.0207. The van der Waals surface area contributed by atoms with E-state index in [1.165, 1.54) is 4.72 Å². The van der Waals surface area contributed by atoms with Crippen LogP contribution in [0, 0.1) is 40.9 Å². The number of esters is 1. The third-order valence-electron chi connectivity index (χ3n) is 20.2. The topological polar surface area (TPSA) is 276 Å². The zero-order valence-corrected chi connectivity index (χ0v) is 53.7. The van der Waals surface area contributed by atoms with Gasteiger partial charge in [0.1, 0.15) is 5.75 Å². The van der Waals surface area contributed by atoms with Crippen LogP contribution in [0.3, 0.4) is 0 Å². The van der Waals surface area contributed by atoms with Gasteiger partial charge in [0.25, 0.3) is 10.0 Å². The van der Waals surface area contributed by atoms with E-state index in [9.17, 15) is 109 Å². The molecule has 8 bridgehead atoms. The van der Waals surface area contributed by atoms with E-state index in [4.69, 9.17) is 30.7 Å². The number of alkyl halides is 16. The molecular formula is C55H73F16NO16S5. The number of hydrogen-bond acceptors (Lipinski definition) is 14. The van der Waals surface area contributed by atoms with Gasteiger partial charge >= 0.3 is 92.1 Å². The van der Waals surface area contributed by atoms with E-state index in [1.807, 2.05) is 12.1 Å². The third-order valence-corrected chi connectivity index (χ3v) is 25.3. The lowest BCUT2D eigenvalue weighted by Gasteiger charge is -2.56. The van der Waals surface area contributed by atoms with Gasteiger partial charge < -0.3 is 8.92 Å². The van der Waals surface area contributed by atoms with Crippen LogP contribution >= 0.6 is 0 Å². The highest BCUT2D eigenvalue weighted by Crippen LogP contribution is 2.62. The van der Waals surface area contributed by atoms with E-state index in [1.54, 1.807) is 0 Å². The molecule has 1 aromatic rings. The first-order valence-electron chi connectivity index (χ1n) is 30.5. The second-order valence-electron chi connectivity index (χ2n) is 26.9. The Kier molecular flexibility index (Phi) is 23.0. The van der Waals surface area contributed by atoms with E-state index < -0.39 is 126 Å². The summed E-state index contributed by atoms with van der Waals surface area (Å²) in [6.45, 7) is -1.06. The summed E-state index contributed by atoms with van der Waals surface area (Å²) in [4.78, 5) is 12.4. The highest BCUT2D eigenvalue weighted by atomic mass is 32.2. The maximum atomic E-state index is 14.5. The van der Waals surface area contributed by atoms with Crippen molar-refractivity contribution in [3.05, 3.63) is 28.8 Å². The van der Waals surface area contributed by atoms with Crippen molar-refractivity contribution >= 4 is 57.0 Å². The maximum Gasteiger partial charge on any atom is 0.448 e. The van der Waals surface area contributed by atoms with Gasteiger partial charge in [0.2, 0.25) is 0 Å². The molecule has 12 rings (SSSR count). The fraction of sp³-hybridized carbons (Fsp3) is 0.873. The van der Waals surface area contributed by atoms with Gasteiger partial charge in [-0.1, -0.05) is 69.9 Å². The summed E-state index contributed by atoms with van der Waals surface area (Å²) in [5.41, 5.74) is -0.272. The minimum atomic E-state index is -7.01. The van der Waals surface area contributed by atoms with Crippen molar-refractivity contribution < 1.29 is 139 Å². The SMILES string of the molecule is O=C(OCCC(F)(C(F)(F)F)S(=O)(=O)O)C12CC3CC(CC(C3)C1)C2.O=S(=O)(O)C(F)(F)C(F)(F)C(F)(F)S(=O)(=O)NC12CC3CC(CC(C3)C1)C2.O=S(=O)(Oc1c(C2CCCCC2)cc(C2CCCCC2)cc1C1CCCCC1)C(F)(F)C(F)(F)C(F)F.O=S(=O)=O. The monoisotopic (exact) mass is 1470 g/mol. The number of ether oxygens (including phenoxy) is 1. The molecule has 93 heavy (non-hydrogen) atoms. The van der Waals surface area contributed by atoms with Crippen molar-refractivity contribution in [1.82, 2.24) is 4.72 Å². The molecule has 1 atom stereocenters. The van der Waals surface area contributed by atoms with Crippen LogP contribution in [0.5, 0.6) is 5.75 Å². The third kappa shape index (κ3) is 15.9. The molecule has 0 amide bonds.